The molecule has 2 bridgehead atoms. The molecule has 3 atom stereocenters. The Morgan fingerprint density at radius 1 is 1.46 bits per heavy atom. The van der Waals surface area contributed by atoms with E-state index in [2.05, 4.69) is 20.8 Å². The Bertz CT molecular complexity index is 282. The van der Waals surface area contributed by atoms with Crippen LogP contribution in [-0.4, -0.2) is 12.0 Å². The fourth-order valence-electron chi connectivity index (χ4n) is 3.35. The van der Waals surface area contributed by atoms with E-state index >= 15 is 0 Å². The molecule has 0 aromatic heterocycles. The lowest BCUT2D eigenvalue weighted by molar-refractivity contribution is -0.129. The van der Waals surface area contributed by atoms with Crippen LogP contribution in [0.15, 0.2) is 0 Å². The average molecular weight is 179 g/mol. The van der Waals surface area contributed by atoms with Gasteiger partial charge in [0.05, 0.1) is 5.92 Å². The second-order valence-corrected chi connectivity index (χ2v) is 5.26. The zero-order valence-electron chi connectivity index (χ0n) is 8.55. The third-order valence-corrected chi connectivity index (χ3v) is 4.76. The summed E-state index contributed by atoms with van der Waals surface area (Å²) >= 11 is 0. The number of Topliss-reactive ketones (excluding diaryl/α,β-unsaturated/α-hetero) is 1. The van der Waals surface area contributed by atoms with Crippen LogP contribution in [0.25, 0.3) is 0 Å². The van der Waals surface area contributed by atoms with Gasteiger partial charge < -0.3 is 5.41 Å². The van der Waals surface area contributed by atoms with Crippen LogP contribution >= 0.6 is 0 Å². The van der Waals surface area contributed by atoms with Crippen LogP contribution < -0.4 is 0 Å². The number of rotatable bonds is 1. The predicted octanol–water partition coefficient (Wildman–Crippen LogP) is 2.28. The molecule has 0 spiro atoms. The number of fused-ring (bicyclic) bond motifs is 2. The van der Waals surface area contributed by atoms with Crippen LogP contribution in [0.2, 0.25) is 0 Å². The molecule has 2 saturated carbocycles. The first-order valence-electron chi connectivity index (χ1n) is 5.00. The summed E-state index contributed by atoms with van der Waals surface area (Å²) in [6.07, 6.45) is 3.50. The van der Waals surface area contributed by atoms with Crippen molar-refractivity contribution in [2.45, 2.75) is 33.6 Å². The molecule has 0 aliphatic heterocycles. The molecule has 0 radical (unpaired) electrons. The maximum Gasteiger partial charge on any atom is 0.147 e. The lowest BCUT2D eigenvalue weighted by atomic mass is 9.70. The highest BCUT2D eigenvalue weighted by Gasteiger charge is 2.65. The lowest BCUT2D eigenvalue weighted by Gasteiger charge is -2.32. The molecule has 0 aromatic carbocycles. The van der Waals surface area contributed by atoms with Gasteiger partial charge in [-0.1, -0.05) is 20.8 Å². The number of nitrogens with one attached hydrogen (secondary N) is 1. The molecule has 0 unspecified atom stereocenters. The Hall–Kier alpha value is -0.660. The van der Waals surface area contributed by atoms with E-state index in [1.807, 2.05) is 0 Å². The minimum atomic E-state index is -0.153. The van der Waals surface area contributed by atoms with Crippen molar-refractivity contribution >= 4 is 12.0 Å². The van der Waals surface area contributed by atoms with Gasteiger partial charge in [-0.3, -0.25) is 4.79 Å². The van der Waals surface area contributed by atoms with Crippen LogP contribution in [0.3, 0.4) is 0 Å². The van der Waals surface area contributed by atoms with Gasteiger partial charge >= 0.3 is 0 Å². The first-order valence-corrected chi connectivity index (χ1v) is 5.00. The standard InChI is InChI=1S/C11H17NO/c1-10(2)8-4-5-11(10,3)9(13)7(8)6-12/h6-8,12H,4-5H2,1-3H3/t7-,8-,11+/m0/s1. The van der Waals surface area contributed by atoms with Gasteiger partial charge in [-0.15, -0.1) is 0 Å². The molecule has 2 aliphatic rings. The molecule has 0 saturated heterocycles. The predicted molar refractivity (Wildman–Crippen MR) is 51.9 cm³/mol. The summed E-state index contributed by atoms with van der Waals surface area (Å²) in [6.45, 7) is 6.46. The van der Waals surface area contributed by atoms with Crippen LogP contribution in [0.5, 0.6) is 0 Å². The number of carbonyl (C=O) groups is 1. The fraction of sp³-hybridized carbons (Fsp3) is 0.818. The maximum atomic E-state index is 12.0. The summed E-state index contributed by atoms with van der Waals surface area (Å²) in [5.74, 6) is 0.639. The summed E-state index contributed by atoms with van der Waals surface area (Å²) in [4.78, 5) is 12.0. The second kappa shape index (κ2) is 2.23. The highest BCUT2D eigenvalue weighted by molar-refractivity contribution is 6.01. The Balaban J connectivity index is 2.50. The molecular formula is C11H17NO. The number of carbonyl (C=O) groups excluding carboxylic acids is 1. The van der Waals surface area contributed by atoms with Gasteiger partial charge in [-0.2, -0.15) is 0 Å². The minimum absolute atomic E-state index is 0.0891. The fourth-order valence-corrected chi connectivity index (χ4v) is 3.35. The van der Waals surface area contributed by atoms with E-state index in [1.54, 1.807) is 0 Å². The molecule has 2 aliphatic carbocycles. The van der Waals surface area contributed by atoms with Gasteiger partial charge in [0, 0.05) is 11.6 Å². The molecule has 0 amide bonds. The summed E-state index contributed by atoms with van der Waals surface area (Å²) in [7, 11) is 0. The van der Waals surface area contributed by atoms with E-state index in [1.165, 1.54) is 6.21 Å². The van der Waals surface area contributed by atoms with Crippen LogP contribution in [0.4, 0.5) is 0 Å². The molecule has 2 fully saturated rings. The van der Waals surface area contributed by atoms with Crippen molar-refractivity contribution in [2.75, 3.05) is 0 Å². The van der Waals surface area contributed by atoms with Crippen molar-refractivity contribution in [2.24, 2.45) is 22.7 Å². The monoisotopic (exact) mass is 179 g/mol. The first kappa shape index (κ1) is 8.92. The van der Waals surface area contributed by atoms with Crippen molar-refractivity contribution in [1.82, 2.24) is 0 Å². The van der Waals surface area contributed by atoms with E-state index in [0.717, 1.165) is 12.8 Å². The molecule has 1 N–H and O–H groups in total. The molecule has 0 heterocycles. The van der Waals surface area contributed by atoms with E-state index in [9.17, 15) is 4.79 Å². The largest absolute Gasteiger partial charge is 0.312 e. The summed E-state index contributed by atoms with van der Waals surface area (Å²) in [5, 5.41) is 7.30. The van der Waals surface area contributed by atoms with Crippen molar-refractivity contribution < 1.29 is 4.79 Å². The summed E-state index contributed by atoms with van der Waals surface area (Å²) < 4.78 is 0. The van der Waals surface area contributed by atoms with Gasteiger partial charge in [0.25, 0.3) is 0 Å². The SMILES string of the molecule is CC1(C)[C@H]2CC[C@]1(C)C(=O)[C@H]2C=N. The van der Waals surface area contributed by atoms with E-state index in [4.69, 9.17) is 5.41 Å². The van der Waals surface area contributed by atoms with Crippen molar-refractivity contribution in [3.05, 3.63) is 0 Å². The van der Waals surface area contributed by atoms with Gasteiger partial charge in [-0.05, 0) is 24.2 Å². The number of ketones is 1. The number of hydrogen-bond donors (Lipinski definition) is 1. The van der Waals surface area contributed by atoms with Crippen molar-refractivity contribution in [3.63, 3.8) is 0 Å². The maximum absolute atomic E-state index is 12.0. The van der Waals surface area contributed by atoms with Gasteiger partial charge in [0.2, 0.25) is 0 Å². The van der Waals surface area contributed by atoms with Gasteiger partial charge in [0.1, 0.15) is 5.78 Å². The van der Waals surface area contributed by atoms with E-state index in [-0.39, 0.29) is 16.7 Å². The van der Waals surface area contributed by atoms with Crippen LogP contribution in [-0.2, 0) is 4.79 Å². The topological polar surface area (TPSA) is 40.9 Å². The Morgan fingerprint density at radius 3 is 2.38 bits per heavy atom. The van der Waals surface area contributed by atoms with Crippen molar-refractivity contribution in [1.29, 1.82) is 5.41 Å². The van der Waals surface area contributed by atoms with Crippen LogP contribution in [0, 0.1) is 28.1 Å². The average Bonchev–Trinajstić information content (AvgIpc) is 2.36. The first-order chi connectivity index (χ1) is 5.95. The van der Waals surface area contributed by atoms with Gasteiger partial charge in [0.15, 0.2) is 0 Å². The Kier molecular flexibility index (Phi) is 1.53. The highest BCUT2D eigenvalue weighted by atomic mass is 16.1. The normalized spacial score (nSPS) is 46.8. The quantitative estimate of drug-likeness (QED) is 0.616. The number of hydrogen-bond acceptors (Lipinski definition) is 2. The zero-order valence-corrected chi connectivity index (χ0v) is 8.55. The van der Waals surface area contributed by atoms with Crippen LogP contribution in [0.1, 0.15) is 33.6 Å². The van der Waals surface area contributed by atoms with Crippen molar-refractivity contribution in [3.8, 4) is 0 Å². The Labute approximate surface area is 79.2 Å². The van der Waals surface area contributed by atoms with E-state index < -0.39 is 0 Å². The summed E-state index contributed by atoms with van der Waals surface area (Å²) in [6, 6.07) is 0. The smallest absolute Gasteiger partial charge is 0.147 e. The minimum Gasteiger partial charge on any atom is -0.312 e. The third kappa shape index (κ3) is 0.749. The molecule has 2 heteroatoms. The molecular weight excluding hydrogens is 162 g/mol. The third-order valence-electron chi connectivity index (χ3n) is 4.76. The second-order valence-electron chi connectivity index (χ2n) is 5.26. The zero-order chi connectivity index (χ0) is 9.85. The van der Waals surface area contributed by atoms with Gasteiger partial charge in [-0.25, -0.2) is 0 Å². The molecule has 2 rings (SSSR count). The highest BCUT2D eigenvalue weighted by Crippen LogP contribution is 2.65. The summed E-state index contributed by atoms with van der Waals surface area (Å²) in [5.41, 5.74) is -0.0494. The molecule has 72 valence electrons. The molecule has 0 aromatic rings. The van der Waals surface area contributed by atoms with E-state index in [0.29, 0.717) is 11.7 Å². The lowest BCUT2D eigenvalue weighted by Crippen LogP contribution is -2.33. The Morgan fingerprint density at radius 2 is 2.08 bits per heavy atom. The molecule has 13 heavy (non-hydrogen) atoms. The molecule has 2 nitrogen and oxygen atoms in total.